The molecule has 1 aromatic heterocycles. The smallest absolute Gasteiger partial charge is 0.306 e. The molecule has 6 heteroatoms. The number of hydrogen-bond donors (Lipinski definition) is 0. The molecule has 94 valence electrons. The molecule has 0 spiro atoms. The van der Waals surface area contributed by atoms with E-state index in [1.807, 2.05) is 13.8 Å². The molecule has 0 saturated heterocycles. The van der Waals surface area contributed by atoms with Crippen LogP contribution in [0.25, 0.3) is 0 Å². The number of aromatic nitrogens is 2. The van der Waals surface area contributed by atoms with Gasteiger partial charge in [-0.2, -0.15) is 13.9 Å². The zero-order chi connectivity index (χ0) is 12.8. The summed E-state index contributed by atoms with van der Waals surface area (Å²) in [6.45, 7) is 3.06. The third-order valence-electron chi connectivity index (χ3n) is 2.91. The molecule has 1 aliphatic heterocycles. The maximum absolute atomic E-state index is 13.9. The number of fused-ring (bicyclic) bond motifs is 1. The van der Waals surface area contributed by atoms with E-state index in [0.29, 0.717) is 5.69 Å². The van der Waals surface area contributed by atoms with Gasteiger partial charge in [-0.25, -0.2) is 0 Å². The average molecular weight is 243 g/mol. The van der Waals surface area contributed by atoms with Gasteiger partial charge >= 0.3 is 5.92 Å². The molecule has 0 aliphatic carbocycles. The lowest BCUT2D eigenvalue weighted by Gasteiger charge is -2.19. The summed E-state index contributed by atoms with van der Waals surface area (Å²) in [4.78, 5) is 12.6. The highest BCUT2D eigenvalue weighted by Gasteiger charge is 2.41. The molecule has 0 aromatic carbocycles. The number of halogens is 2. The molecule has 0 fully saturated rings. The predicted molar refractivity (Wildman–Crippen MR) is 57.8 cm³/mol. The van der Waals surface area contributed by atoms with Crippen molar-refractivity contribution in [3.63, 3.8) is 0 Å². The molecule has 1 amide bonds. The van der Waals surface area contributed by atoms with Crippen LogP contribution in [0.1, 0.15) is 31.2 Å². The van der Waals surface area contributed by atoms with Gasteiger partial charge in [-0.05, 0) is 12.0 Å². The molecule has 17 heavy (non-hydrogen) atoms. The zero-order valence-electron chi connectivity index (χ0n) is 10.1. The quantitative estimate of drug-likeness (QED) is 0.751. The molecule has 2 rings (SSSR count). The van der Waals surface area contributed by atoms with E-state index in [0.717, 1.165) is 9.58 Å². The van der Waals surface area contributed by atoms with E-state index in [4.69, 9.17) is 0 Å². The Kier molecular flexibility index (Phi) is 2.67. The first-order valence-corrected chi connectivity index (χ1v) is 5.51. The first-order valence-electron chi connectivity index (χ1n) is 5.51. The van der Waals surface area contributed by atoms with Crippen molar-refractivity contribution in [3.8, 4) is 0 Å². The van der Waals surface area contributed by atoms with Crippen LogP contribution in [-0.4, -0.2) is 34.2 Å². The van der Waals surface area contributed by atoms with Crippen LogP contribution in [0.4, 0.5) is 8.78 Å². The minimum Gasteiger partial charge on any atom is -0.338 e. The summed E-state index contributed by atoms with van der Waals surface area (Å²) >= 11 is 0. The third-order valence-corrected chi connectivity index (χ3v) is 2.91. The van der Waals surface area contributed by atoms with E-state index in [1.165, 1.54) is 13.1 Å². The van der Waals surface area contributed by atoms with Gasteiger partial charge in [0.15, 0.2) is 0 Å². The summed E-state index contributed by atoms with van der Waals surface area (Å²) < 4.78 is 28.9. The number of likely N-dealkylation sites (N-methyl/N-ethyl adjacent to an activating group) is 1. The Bertz CT molecular complexity index is 454. The van der Waals surface area contributed by atoms with Crippen LogP contribution in [0.5, 0.6) is 0 Å². The van der Waals surface area contributed by atoms with Crippen LogP contribution in [0.15, 0.2) is 6.07 Å². The van der Waals surface area contributed by atoms with Gasteiger partial charge in [0.05, 0.1) is 12.2 Å². The van der Waals surface area contributed by atoms with Gasteiger partial charge in [-0.15, -0.1) is 0 Å². The third kappa shape index (κ3) is 2.03. The molecular weight excluding hydrogens is 228 g/mol. The van der Waals surface area contributed by atoms with Crippen molar-refractivity contribution in [2.24, 2.45) is 0 Å². The Morgan fingerprint density at radius 1 is 1.47 bits per heavy atom. The number of hydrogen-bond acceptors (Lipinski definition) is 2. The van der Waals surface area contributed by atoms with E-state index < -0.39 is 12.5 Å². The summed E-state index contributed by atoms with van der Waals surface area (Å²) in [7, 11) is 1.38. The zero-order valence-corrected chi connectivity index (χ0v) is 10.1. The monoisotopic (exact) mass is 243 g/mol. The molecule has 0 bridgehead atoms. The number of carbonyl (C=O) groups is 1. The molecular formula is C11H15F2N3O. The van der Waals surface area contributed by atoms with Crippen LogP contribution in [0.2, 0.25) is 0 Å². The lowest BCUT2D eigenvalue weighted by atomic mass is 10.1. The molecule has 1 aliphatic rings. The maximum atomic E-state index is 13.9. The summed E-state index contributed by atoms with van der Waals surface area (Å²) in [5, 5.41) is 4.08. The second kappa shape index (κ2) is 3.78. The van der Waals surface area contributed by atoms with Crippen molar-refractivity contribution >= 4 is 5.91 Å². The van der Waals surface area contributed by atoms with E-state index in [2.05, 4.69) is 5.10 Å². The minimum atomic E-state index is -3.04. The fourth-order valence-corrected chi connectivity index (χ4v) is 1.85. The summed E-state index contributed by atoms with van der Waals surface area (Å²) in [5.74, 6) is -3.32. The van der Waals surface area contributed by atoms with Crippen LogP contribution >= 0.6 is 0 Å². The van der Waals surface area contributed by atoms with Crippen molar-refractivity contribution in [2.45, 2.75) is 32.2 Å². The maximum Gasteiger partial charge on any atom is 0.306 e. The van der Waals surface area contributed by atoms with Crippen LogP contribution in [0.3, 0.4) is 0 Å². The Morgan fingerprint density at radius 2 is 2.12 bits per heavy atom. The van der Waals surface area contributed by atoms with Crippen molar-refractivity contribution < 1.29 is 13.6 Å². The molecule has 2 heterocycles. The second-order valence-electron chi connectivity index (χ2n) is 4.72. The van der Waals surface area contributed by atoms with Crippen molar-refractivity contribution in [2.75, 3.05) is 13.6 Å². The molecule has 0 saturated carbocycles. The van der Waals surface area contributed by atoms with Gasteiger partial charge in [0.2, 0.25) is 5.91 Å². The Morgan fingerprint density at radius 3 is 2.71 bits per heavy atom. The molecule has 1 aromatic rings. The predicted octanol–water partition coefficient (Wildman–Crippen LogP) is 1.57. The highest BCUT2D eigenvalue weighted by molar-refractivity contribution is 5.76. The Balaban J connectivity index is 2.48. The van der Waals surface area contributed by atoms with Gasteiger partial charge in [-0.3, -0.25) is 9.48 Å². The second-order valence-corrected chi connectivity index (χ2v) is 4.72. The number of alkyl halides is 2. The normalized spacial score (nSPS) is 19.4. The lowest BCUT2D eigenvalue weighted by molar-refractivity contribution is -0.133. The van der Waals surface area contributed by atoms with Gasteiger partial charge in [0.1, 0.15) is 12.2 Å². The van der Waals surface area contributed by atoms with Crippen LogP contribution in [0, 0.1) is 0 Å². The Labute approximate surface area is 98.2 Å². The summed E-state index contributed by atoms with van der Waals surface area (Å²) in [6.07, 6.45) is 0. The van der Waals surface area contributed by atoms with E-state index in [-0.39, 0.29) is 24.1 Å². The van der Waals surface area contributed by atoms with Crippen molar-refractivity contribution in [3.05, 3.63) is 17.5 Å². The molecule has 0 radical (unpaired) electrons. The van der Waals surface area contributed by atoms with E-state index >= 15 is 0 Å². The number of nitrogens with zero attached hydrogens (tertiary/aromatic N) is 3. The first kappa shape index (κ1) is 12.0. The largest absolute Gasteiger partial charge is 0.338 e. The van der Waals surface area contributed by atoms with Gasteiger partial charge in [0, 0.05) is 7.05 Å². The van der Waals surface area contributed by atoms with E-state index in [9.17, 15) is 13.6 Å². The van der Waals surface area contributed by atoms with E-state index in [1.54, 1.807) is 0 Å². The summed E-state index contributed by atoms with van der Waals surface area (Å²) in [5.41, 5.74) is 0.427. The molecule has 0 N–H and O–H groups in total. The minimum absolute atomic E-state index is 0.0676. The topological polar surface area (TPSA) is 38.1 Å². The Hall–Kier alpha value is -1.46. The fourth-order valence-electron chi connectivity index (χ4n) is 1.85. The number of carbonyl (C=O) groups excluding carboxylic acids is 1. The highest BCUT2D eigenvalue weighted by Crippen LogP contribution is 2.32. The van der Waals surface area contributed by atoms with Gasteiger partial charge < -0.3 is 4.90 Å². The average Bonchev–Trinajstić information content (AvgIpc) is 2.58. The molecule has 0 unspecified atom stereocenters. The molecule has 4 nitrogen and oxygen atoms in total. The van der Waals surface area contributed by atoms with Crippen LogP contribution < -0.4 is 0 Å². The van der Waals surface area contributed by atoms with Gasteiger partial charge in [-0.1, -0.05) is 13.8 Å². The van der Waals surface area contributed by atoms with Gasteiger partial charge in [0.25, 0.3) is 0 Å². The first-order chi connectivity index (χ1) is 7.81. The van der Waals surface area contributed by atoms with Crippen molar-refractivity contribution in [1.82, 2.24) is 14.7 Å². The van der Waals surface area contributed by atoms with Crippen LogP contribution in [-0.2, 0) is 17.3 Å². The standard InChI is InChI=1S/C11H15F2N3O/c1-7(2)8-4-9-11(12,13)6-15(3)10(17)5-16(9)14-8/h4,7H,5-6H2,1-3H3. The highest BCUT2D eigenvalue weighted by atomic mass is 19.3. The van der Waals surface area contributed by atoms with Crippen molar-refractivity contribution in [1.29, 1.82) is 0 Å². The number of amides is 1. The SMILES string of the molecule is CC(C)c1cc2n(n1)CC(=O)N(C)CC2(F)F. The lowest BCUT2D eigenvalue weighted by Crippen LogP contribution is -2.34. The molecule has 0 atom stereocenters. The fraction of sp³-hybridized carbons (Fsp3) is 0.636. The summed E-state index contributed by atoms with van der Waals surface area (Å²) in [6, 6.07) is 1.40. The number of rotatable bonds is 1.